The predicted molar refractivity (Wildman–Crippen MR) is 78.9 cm³/mol. The minimum absolute atomic E-state index is 0.298. The Morgan fingerprint density at radius 3 is 2.10 bits per heavy atom. The van der Waals surface area contributed by atoms with Crippen LogP contribution in [0.3, 0.4) is 0 Å². The Balaban J connectivity index is 1.85. The van der Waals surface area contributed by atoms with Gasteiger partial charge in [-0.25, -0.2) is 0 Å². The van der Waals surface area contributed by atoms with Gasteiger partial charge in [0.1, 0.15) is 0 Å². The average Bonchev–Trinajstić information content (AvgIpc) is 2.86. The molecule has 7 heteroatoms. The molecule has 2 aliphatic rings. The van der Waals surface area contributed by atoms with Crippen LogP contribution in [-0.4, -0.2) is 53.8 Å². The summed E-state index contributed by atoms with van der Waals surface area (Å²) >= 11 is 0. The van der Waals surface area contributed by atoms with Gasteiger partial charge in [-0.2, -0.15) is 9.97 Å². The molecule has 0 radical (unpaired) electrons. The van der Waals surface area contributed by atoms with Crippen LogP contribution < -0.4 is 19.7 Å². The Labute approximate surface area is 125 Å². The minimum Gasteiger partial charge on any atom is -0.467 e. The normalized spacial score (nSPS) is 27.5. The van der Waals surface area contributed by atoms with Crippen LogP contribution in [0.25, 0.3) is 0 Å². The summed E-state index contributed by atoms with van der Waals surface area (Å²) in [5.74, 6) is 0.646. The zero-order valence-electron chi connectivity index (χ0n) is 12.9. The average molecular weight is 293 g/mol. The van der Waals surface area contributed by atoms with Gasteiger partial charge in [-0.3, -0.25) is 0 Å². The molecule has 21 heavy (non-hydrogen) atoms. The van der Waals surface area contributed by atoms with Gasteiger partial charge in [0.2, 0.25) is 5.95 Å². The van der Waals surface area contributed by atoms with Crippen LogP contribution in [-0.2, 0) is 0 Å². The van der Waals surface area contributed by atoms with E-state index in [0.29, 0.717) is 36.1 Å². The second kappa shape index (κ2) is 6.01. The van der Waals surface area contributed by atoms with E-state index < -0.39 is 0 Å². The zero-order valence-corrected chi connectivity index (χ0v) is 12.9. The lowest BCUT2D eigenvalue weighted by atomic mass is 9.98. The number of methoxy groups -OCH3 is 2. The molecule has 1 aromatic heterocycles. The Morgan fingerprint density at radius 2 is 1.62 bits per heavy atom. The van der Waals surface area contributed by atoms with Gasteiger partial charge in [-0.1, -0.05) is 0 Å². The molecule has 0 saturated carbocycles. The SMILES string of the molecule is CCN(c1nc(OC)nc(OC)n1)C1CC2CCC(C1)N2. The fourth-order valence-electron chi connectivity index (χ4n) is 3.48. The highest BCUT2D eigenvalue weighted by atomic mass is 16.5. The van der Waals surface area contributed by atoms with Crippen LogP contribution in [0.15, 0.2) is 0 Å². The summed E-state index contributed by atoms with van der Waals surface area (Å²) < 4.78 is 10.3. The monoisotopic (exact) mass is 293 g/mol. The molecule has 2 aliphatic heterocycles. The number of hydrogen-bond donors (Lipinski definition) is 1. The maximum Gasteiger partial charge on any atom is 0.324 e. The van der Waals surface area contributed by atoms with Gasteiger partial charge in [0.15, 0.2) is 0 Å². The molecule has 0 spiro atoms. The first kappa shape index (κ1) is 14.3. The Hall–Kier alpha value is -1.63. The van der Waals surface area contributed by atoms with Gasteiger partial charge in [-0.05, 0) is 32.6 Å². The van der Waals surface area contributed by atoms with E-state index in [1.54, 1.807) is 14.2 Å². The van der Waals surface area contributed by atoms with Crippen LogP contribution in [0.2, 0.25) is 0 Å². The number of nitrogens with zero attached hydrogens (tertiary/aromatic N) is 4. The van der Waals surface area contributed by atoms with Crippen LogP contribution in [0.1, 0.15) is 32.6 Å². The number of aromatic nitrogens is 3. The van der Waals surface area contributed by atoms with Crippen molar-refractivity contribution >= 4 is 5.95 Å². The van der Waals surface area contributed by atoms with E-state index in [-0.39, 0.29) is 0 Å². The third kappa shape index (κ3) is 2.88. The van der Waals surface area contributed by atoms with Gasteiger partial charge >= 0.3 is 12.0 Å². The number of rotatable bonds is 5. The van der Waals surface area contributed by atoms with Crippen LogP contribution >= 0.6 is 0 Å². The summed E-state index contributed by atoms with van der Waals surface area (Å²) in [7, 11) is 3.11. The van der Waals surface area contributed by atoms with Crippen molar-refractivity contribution in [3.63, 3.8) is 0 Å². The molecule has 0 aliphatic carbocycles. The van der Waals surface area contributed by atoms with Crippen LogP contribution in [0, 0.1) is 0 Å². The van der Waals surface area contributed by atoms with Crippen molar-refractivity contribution in [1.82, 2.24) is 20.3 Å². The molecule has 0 aromatic carbocycles. The van der Waals surface area contributed by atoms with Gasteiger partial charge in [0, 0.05) is 24.7 Å². The molecule has 7 nitrogen and oxygen atoms in total. The maximum atomic E-state index is 5.15. The number of anilines is 1. The molecule has 116 valence electrons. The first-order chi connectivity index (χ1) is 10.2. The fourth-order valence-corrected chi connectivity index (χ4v) is 3.48. The largest absolute Gasteiger partial charge is 0.467 e. The second-order valence-electron chi connectivity index (χ2n) is 5.66. The summed E-state index contributed by atoms with van der Waals surface area (Å²) in [6, 6.07) is 2.33. The third-order valence-corrected chi connectivity index (χ3v) is 4.43. The van der Waals surface area contributed by atoms with Crippen molar-refractivity contribution in [3.05, 3.63) is 0 Å². The standard InChI is InChI=1S/C14H23N5O2/c1-4-19(11-7-9-5-6-10(8-11)15-9)12-16-13(20-2)18-14(17-12)21-3/h9-11,15H,4-8H2,1-3H3. The van der Waals surface area contributed by atoms with Crippen LogP contribution in [0.4, 0.5) is 5.95 Å². The van der Waals surface area contributed by atoms with E-state index in [9.17, 15) is 0 Å². The van der Waals surface area contributed by atoms with Crippen molar-refractivity contribution in [2.45, 2.75) is 50.7 Å². The number of hydrogen-bond acceptors (Lipinski definition) is 7. The molecular formula is C14H23N5O2. The Morgan fingerprint density at radius 1 is 1.05 bits per heavy atom. The Bertz CT molecular complexity index is 464. The molecule has 2 unspecified atom stereocenters. The van der Waals surface area contributed by atoms with Crippen molar-refractivity contribution in [1.29, 1.82) is 0 Å². The lowest BCUT2D eigenvalue weighted by Crippen LogP contribution is -2.48. The maximum absolute atomic E-state index is 5.15. The third-order valence-electron chi connectivity index (χ3n) is 4.43. The minimum atomic E-state index is 0.298. The topological polar surface area (TPSA) is 72.4 Å². The first-order valence-corrected chi connectivity index (χ1v) is 7.60. The molecule has 2 fully saturated rings. The van der Waals surface area contributed by atoms with E-state index in [2.05, 4.69) is 32.1 Å². The molecule has 0 amide bonds. The molecular weight excluding hydrogens is 270 g/mol. The Kier molecular flexibility index (Phi) is 4.10. The summed E-state index contributed by atoms with van der Waals surface area (Å²) in [5, 5.41) is 3.67. The van der Waals surface area contributed by atoms with Crippen molar-refractivity contribution in [3.8, 4) is 12.0 Å². The molecule has 3 rings (SSSR count). The lowest BCUT2D eigenvalue weighted by molar-refractivity contribution is 0.329. The zero-order chi connectivity index (χ0) is 14.8. The van der Waals surface area contributed by atoms with E-state index in [1.807, 2.05) is 0 Å². The van der Waals surface area contributed by atoms with E-state index >= 15 is 0 Å². The highest BCUT2D eigenvalue weighted by Gasteiger charge is 2.36. The van der Waals surface area contributed by atoms with Crippen molar-refractivity contribution in [2.75, 3.05) is 25.7 Å². The van der Waals surface area contributed by atoms with E-state index in [0.717, 1.165) is 19.4 Å². The molecule has 3 heterocycles. The number of fused-ring (bicyclic) bond motifs is 2. The summed E-state index contributed by atoms with van der Waals surface area (Å²) in [5.41, 5.74) is 0. The van der Waals surface area contributed by atoms with E-state index in [4.69, 9.17) is 9.47 Å². The van der Waals surface area contributed by atoms with Gasteiger partial charge < -0.3 is 19.7 Å². The summed E-state index contributed by atoms with van der Waals surface area (Å²) in [6.45, 7) is 2.99. The second-order valence-corrected chi connectivity index (χ2v) is 5.66. The van der Waals surface area contributed by atoms with Gasteiger partial charge in [0.25, 0.3) is 0 Å². The number of nitrogens with one attached hydrogen (secondary N) is 1. The molecule has 2 saturated heterocycles. The molecule has 1 N–H and O–H groups in total. The fraction of sp³-hybridized carbons (Fsp3) is 0.786. The number of piperidine rings is 1. The van der Waals surface area contributed by atoms with Gasteiger partial charge in [-0.15, -0.1) is 4.98 Å². The molecule has 2 bridgehead atoms. The lowest BCUT2D eigenvalue weighted by Gasteiger charge is -2.37. The molecule has 2 atom stereocenters. The summed E-state index contributed by atoms with van der Waals surface area (Å²) in [6.07, 6.45) is 4.84. The van der Waals surface area contributed by atoms with E-state index in [1.165, 1.54) is 12.8 Å². The highest BCUT2D eigenvalue weighted by Crippen LogP contribution is 2.31. The number of ether oxygens (including phenoxy) is 2. The van der Waals surface area contributed by atoms with Gasteiger partial charge in [0.05, 0.1) is 14.2 Å². The predicted octanol–water partition coefficient (Wildman–Crippen LogP) is 0.998. The summed E-state index contributed by atoms with van der Waals surface area (Å²) in [4.78, 5) is 15.1. The van der Waals surface area contributed by atoms with Crippen molar-refractivity contribution < 1.29 is 9.47 Å². The first-order valence-electron chi connectivity index (χ1n) is 7.60. The quantitative estimate of drug-likeness (QED) is 0.868. The molecule has 1 aromatic rings. The van der Waals surface area contributed by atoms with Crippen molar-refractivity contribution in [2.24, 2.45) is 0 Å². The van der Waals surface area contributed by atoms with Crippen LogP contribution in [0.5, 0.6) is 12.0 Å². The smallest absolute Gasteiger partial charge is 0.324 e. The highest BCUT2D eigenvalue weighted by molar-refractivity contribution is 5.34.